The Balaban J connectivity index is 2.95. The maximum Gasteiger partial charge on any atom is 0.333 e. The Bertz CT molecular complexity index is 426. The first-order chi connectivity index (χ1) is 8.36. The zero-order valence-corrected chi connectivity index (χ0v) is 12.2. The molecule has 0 bridgehead atoms. The van der Waals surface area contributed by atoms with Crippen LogP contribution in [0.2, 0.25) is 0 Å². The predicted octanol–water partition coefficient (Wildman–Crippen LogP) is 2.19. The van der Waals surface area contributed by atoms with Crippen molar-refractivity contribution in [3.63, 3.8) is 0 Å². The first kappa shape index (κ1) is 14.7. The van der Waals surface area contributed by atoms with Gasteiger partial charge in [-0.1, -0.05) is 46.3 Å². The van der Waals surface area contributed by atoms with Crippen molar-refractivity contribution < 1.29 is 14.3 Å². The van der Waals surface area contributed by atoms with Crippen LogP contribution in [-0.2, 0) is 14.3 Å². The van der Waals surface area contributed by atoms with Crippen molar-refractivity contribution in [1.29, 1.82) is 0 Å². The van der Waals surface area contributed by atoms with Crippen LogP contribution in [0, 0.1) is 0 Å². The lowest BCUT2D eigenvalue weighted by atomic mass is 10.1. The average Bonchev–Trinajstić information content (AvgIpc) is 2.34. The number of hydrogen-bond acceptors (Lipinski definition) is 3. The number of ether oxygens (including phenoxy) is 1. The summed E-state index contributed by atoms with van der Waals surface area (Å²) in [6.07, 6.45) is 0. The Labute approximate surface area is 115 Å². The van der Waals surface area contributed by atoms with Crippen molar-refractivity contribution in [3.05, 3.63) is 35.9 Å². The van der Waals surface area contributed by atoms with Crippen LogP contribution in [0.15, 0.2) is 30.3 Å². The summed E-state index contributed by atoms with van der Waals surface area (Å²) in [5, 5.41) is 2.66. The number of amides is 1. The highest BCUT2D eigenvalue weighted by Gasteiger charge is 2.30. The second-order valence-corrected chi connectivity index (χ2v) is 6.30. The van der Waals surface area contributed by atoms with Crippen LogP contribution >= 0.6 is 15.9 Å². The Morgan fingerprint density at radius 3 is 2.28 bits per heavy atom. The quantitative estimate of drug-likeness (QED) is 0.685. The topological polar surface area (TPSA) is 55.4 Å². The first-order valence-corrected chi connectivity index (χ1v) is 6.28. The molecule has 18 heavy (non-hydrogen) atoms. The Morgan fingerprint density at radius 2 is 1.83 bits per heavy atom. The molecule has 0 aromatic heterocycles. The number of carbonyl (C=O) groups excluding carboxylic acids is 2. The van der Waals surface area contributed by atoms with E-state index >= 15 is 0 Å². The van der Waals surface area contributed by atoms with Gasteiger partial charge in [-0.25, -0.2) is 4.79 Å². The molecule has 1 aromatic carbocycles. The lowest BCUT2D eigenvalue weighted by Crippen LogP contribution is -2.42. The van der Waals surface area contributed by atoms with Crippen LogP contribution in [0.1, 0.15) is 25.5 Å². The van der Waals surface area contributed by atoms with Crippen molar-refractivity contribution in [3.8, 4) is 0 Å². The molecule has 4 nitrogen and oxygen atoms in total. The number of hydrogen-bond donors (Lipinski definition) is 1. The Morgan fingerprint density at radius 1 is 1.28 bits per heavy atom. The number of carbonyl (C=O) groups is 2. The lowest BCUT2D eigenvalue weighted by molar-refractivity contribution is -0.145. The maximum absolute atomic E-state index is 11.9. The van der Waals surface area contributed by atoms with Crippen LogP contribution in [-0.4, -0.2) is 23.3 Å². The molecule has 0 spiro atoms. The molecule has 0 saturated heterocycles. The van der Waals surface area contributed by atoms with Crippen molar-refractivity contribution in [1.82, 2.24) is 5.32 Å². The van der Waals surface area contributed by atoms with Gasteiger partial charge < -0.3 is 10.1 Å². The first-order valence-electron chi connectivity index (χ1n) is 5.49. The second-order valence-electron chi connectivity index (χ2n) is 4.31. The molecule has 0 saturated carbocycles. The molecule has 1 atom stereocenters. The van der Waals surface area contributed by atoms with Gasteiger partial charge in [0.15, 0.2) is 6.04 Å². The summed E-state index contributed by atoms with van der Waals surface area (Å²) in [6, 6.07) is 8.19. The fourth-order valence-electron chi connectivity index (χ4n) is 1.34. The molecular formula is C13H16BrNO3. The van der Waals surface area contributed by atoms with Crippen LogP contribution in [0.25, 0.3) is 0 Å². The number of esters is 1. The minimum Gasteiger partial charge on any atom is -0.467 e. The average molecular weight is 314 g/mol. The Hall–Kier alpha value is -1.36. The van der Waals surface area contributed by atoms with E-state index in [0.717, 1.165) is 0 Å². The standard InChI is InChI=1S/C13H16BrNO3/c1-13(2,14)12(17)15-10(11(16)18-3)9-7-5-4-6-8-9/h4-8,10H,1-3H3,(H,15,17). The fraction of sp³-hybridized carbons (Fsp3) is 0.385. The van der Waals surface area contributed by atoms with Crippen molar-refractivity contribution >= 4 is 27.8 Å². The summed E-state index contributed by atoms with van der Waals surface area (Å²) in [4.78, 5) is 23.6. The van der Waals surface area contributed by atoms with Crippen molar-refractivity contribution in [2.45, 2.75) is 24.2 Å². The summed E-state index contributed by atoms with van der Waals surface area (Å²) in [5.74, 6) is -0.770. The van der Waals surface area contributed by atoms with E-state index in [-0.39, 0.29) is 5.91 Å². The van der Waals surface area contributed by atoms with E-state index in [2.05, 4.69) is 21.2 Å². The van der Waals surface area contributed by atoms with Gasteiger partial charge in [-0.15, -0.1) is 0 Å². The normalized spacial score (nSPS) is 12.7. The second kappa shape index (κ2) is 6.00. The highest BCUT2D eigenvalue weighted by Crippen LogP contribution is 2.20. The van der Waals surface area contributed by atoms with Gasteiger partial charge in [-0.2, -0.15) is 0 Å². The van der Waals surface area contributed by atoms with Crippen LogP contribution in [0.4, 0.5) is 0 Å². The van der Waals surface area contributed by atoms with E-state index in [1.807, 2.05) is 6.07 Å². The summed E-state index contributed by atoms with van der Waals surface area (Å²) < 4.78 is 3.97. The van der Waals surface area contributed by atoms with Crippen molar-refractivity contribution in [2.24, 2.45) is 0 Å². The molecule has 1 N–H and O–H groups in total. The van der Waals surface area contributed by atoms with Gasteiger partial charge in [-0.3, -0.25) is 4.79 Å². The maximum atomic E-state index is 11.9. The highest BCUT2D eigenvalue weighted by molar-refractivity contribution is 9.10. The molecule has 1 rings (SSSR count). The number of halogens is 1. The predicted molar refractivity (Wildman–Crippen MR) is 72.3 cm³/mol. The van der Waals surface area contributed by atoms with E-state index in [1.54, 1.807) is 38.1 Å². The van der Waals surface area contributed by atoms with E-state index < -0.39 is 16.3 Å². The largest absolute Gasteiger partial charge is 0.467 e. The molecule has 0 fully saturated rings. The molecular weight excluding hydrogens is 298 g/mol. The summed E-state index contributed by atoms with van der Waals surface area (Å²) in [7, 11) is 1.30. The molecule has 0 radical (unpaired) electrons. The van der Waals surface area contributed by atoms with Gasteiger partial charge in [0.1, 0.15) is 0 Å². The zero-order chi connectivity index (χ0) is 13.8. The molecule has 1 amide bonds. The molecule has 0 aliphatic rings. The highest BCUT2D eigenvalue weighted by atomic mass is 79.9. The third kappa shape index (κ3) is 3.84. The third-order valence-corrected chi connectivity index (χ3v) is 2.75. The van der Waals surface area contributed by atoms with Crippen LogP contribution in [0.3, 0.4) is 0 Å². The summed E-state index contributed by atoms with van der Waals surface area (Å²) in [5.41, 5.74) is 0.689. The fourth-order valence-corrected chi connectivity index (χ4v) is 1.46. The molecule has 0 aliphatic heterocycles. The number of methoxy groups -OCH3 is 1. The van der Waals surface area contributed by atoms with Gasteiger partial charge in [0, 0.05) is 0 Å². The monoisotopic (exact) mass is 313 g/mol. The van der Waals surface area contributed by atoms with E-state index in [0.29, 0.717) is 5.56 Å². The molecule has 0 aliphatic carbocycles. The van der Waals surface area contributed by atoms with E-state index in [1.165, 1.54) is 7.11 Å². The number of alkyl halides is 1. The Kier molecular flexibility index (Phi) is 4.90. The number of rotatable bonds is 4. The minimum atomic E-state index is -0.791. The summed E-state index contributed by atoms with van der Waals surface area (Å²) >= 11 is 3.25. The van der Waals surface area contributed by atoms with Gasteiger partial charge in [0.2, 0.25) is 5.91 Å². The van der Waals surface area contributed by atoms with Crippen molar-refractivity contribution in [2.75, 3.05) is 7.11 Å². The van der Waals surface area contributed by atoms with Gasteiger partial charge in [0.05, 0.1) is 11.4 Å². The minimum absolute atomic E-state index is 0.276. The smallest absolute Gasteiger partial charge is 0.333 e. The lowest BCUT2D eigenvalue weighted by Gasteiger charge is -2.21. The molecule has 98 valence electrons. The van der Waals surface area contributed by atoms with Gasteiger partial charge in [-0.05, 0) is 19.4 Å². The van der Waals surface area contributed by atoms with E-state index in [4.69, 9.17) is 4.74 Å². The van der Waals surface area contributed by atoms with Crippen LogP contribution in [0.5, 0.6) is 0 Å². The molecule has 1 aromatic rings. The number of nitrogens with one attached hydrogen (secondary N) is 1. The zero-order valence-electron chi connectivity index (χ0n) is 10.6. The summed E-state index contributed by atoms with van der Waals surface area (Å²) in [6.45, 7) is 3.42. The van der Waals surface area contributed by atoms with Gasteiger partial charge >= 0.3 is 5.97 Å². The van der Waals surface area contributed by atoms with Gasteiger partial charge in [0.25, 0.3) is 0 Å². The molecule has 1 unspecified atom stereocenters. The number of benzene rings is 1. The third-order valence-electron chi connectivity index (χ3n) is 2.39. The SMILES string of the molecule is COC(=O)C(NC(=O)C(C)(C)Br)c1ccccc1. The van der Waals surface area contributed by atoms with E-state index in [9.17, 15) is 9.59 Å². The molecule has 5 heteroatoms. The van der Waals surface area contributed by atoms with Crippen LogP contribution < -0.4 is 5.32 Å². The molecule has 0 heterocycles.